The van der Waals surface area contributed by atoms with E-state index in [0.29, 0.717) is 6.42 Å². The summed E-state index contributed by atoms with van der Waals surface area (Å²) in [5, 5.41) is 14.7. The third-order valence-corrected chi connectivity index (χ3v) is 3.71. The van der Waals surface area contributed by atoms with E-state index in [1.54, 1.807) is 0 Å². The van der Waals surface area contributed by atoms with E-state index >= 15 is 0 Å². The van der Waals surface area contributed by atoms with Gasteiger partial charge in [-0.25, -0.2) is 0 Å². The van der Waals surface area contributed by atoms with E-state index in [9.17, 15) is 5.11 Å². The van der Waals surface area contributed by atoms with Crippen LogP contribution in [0.25, 0.3) is 0 Å². The van der Waals surface area contributed by atoms with Crippen molar-refractivity contribution >= 4 is 15.9 Å². The average molecular weight is 309 g/mol. The fourth-order valence-corrected chi connectivity index (χ4v) is 2.71. The molecule has 18 heavy (non-hydrogen) atoms. The third-order valence-electron chi connectivity index (χ3n) is 3.22. The zero-order chi connectivity index (χ0) is 13.3. The number of aryl methyl sites for hydroxylation is 2. The van der Waals surface area contributed by atoms with Gasteiger partial charge in [0.2, 0.25) is 0 Å². The highest BCUT2D eigenvalue weighted by molar-refractivity contribution is 9.10. The van der Waals surface area contributed by atoms with Crippen molar-refractivity contribution in [3.8, 4) is 0 Å². The maximum absolute atomic E-state index is 10.4. The number of nitrogens with zero attached hydrogens (tertiary/aromatic N) is 2. The van der Waals surface area contributed by atoms with Crippen LogP contribution < -0.4 is 0 Å². The van der Waals surface area contributed by atoms with E-state index < -0.39 is 6.10 Å². The molecule has 0 aliphatic carbocycles. The van der Waals surface area contributed by atoms with Gasteiger partial charge in [0.1, 0.15) is 0 Å². The normalized spacial score (nSPS) is 12.7. The smallest absolute Gasteiger partial charge is 0.0866 e. The van der Waals surface area contributed by atoms with Crippen molar-refractivity contribution in [3.05, 3.63) is 51.3 Å². The van der Waals surface area contributed by atoms with Gasteiger partial charge in [0.25, 0.3) is 0 Å². The second kappa shape index (κ2) is 5.24. The maximum Gasteiger partial charge on any atom is 0.0866 e. The van der Waals surface area contributed by atoms with Crippen molar-refractivity contribution in [2.24, 2.45) is 7.05 Å². The van der Waals surface area contributed by atoms with Crippen LogP contribution in [0.15, 0.2) is 28.7 Å². The summed E-state index contributed by atoms with van der Waals surface area (Å²) < 4.78 is 2.85. The Morgan fingerprint density at radius 2 is 2.11 bits per heavy atom. The standard InChI is InChI=1S/C14H17BrN2O/c1-9-14(10(2)17(3)16-9)13(18)8-11-5-4-6-12(15)7-11/h4-7,13,18H,8H2,1-3H3. The first-order valence-electron chi connectivity index (χ1n) is 5.91. The molecule has 2 aromatic rings. The van der Waals surface area contributed by atoms with Crippen LogP contribution in [-0.4, -0.2) is 14.9 Å². The minimum Gasteiger partial charge on any atom is -0.388 e. The van der Waals surface area contributed by atoms with Gasteiger partial charge in [-0.05, 0) is 31.5 Å². The highest BCUT2D eigenvalue weighted by Crippen LogP contribution is 2.25. The molecule has 0 aliphatic rings. The molecule has 1 aromatic carbocycles. The van der Waals surface area contributed by atoms with E-state index in [4.69, 9.17) is 0 Å². The molecule has 0 aliphatic heterocycles. The first-order valence-corrected chi connectivity index (χ1v) is 6.71. The van der Waals surface area contributed by atoms with Crippen molar-refractivity contribution in [1.82, 2.24) is 9.78 Å². The fraction of sp³-hybridized carbons (Fsp3) is 0.357. The van der Waals surface area contributed by atoms with Gasteiger partial charge in [-0.3, -0.25) is 4.68 Å². The maximum atomic E-state index is 10.4. The van der Waals surface area contributed by atoms with E-state index in [-0.39, 0.29) is 0 Å². The number of halogens is 1. The molecule has 2 rings (SSSR count). The lowest BCUT2D eigenvalue weighted by Gasteiger charge is -2.12. The molecule has 0 spiro atoms. The van der Waals surface area contributed by atoms with E-state index in [2.05, 4.69) is 21.0 Å². The van der Waals surface area contributed by atoms with Crippen LogP contribution in [0.3, 0.4) is 0 Å². The van der Waals surface area contributed by atoms with Gasteiger partial charge in [-0.1, -0.05) is 28.1 Å². The summed E-state index contributed by atoms with van der Waals surface area (Å²) in [6.07, 6.45) is 0.0975. The van der Waals surface area contributed by atoms with Gasteiger partial charge in [-0.2, -0.15) is 5.10 Å². The van der Waals surface area contributed by atoms with E-state index in [0.717, 1.165) is 27.0 Å². The Balaban J connectivity index is 2.24. The van der Waals surface area contributed by atoms with Crippen LogP contribution in [0.2, 0.25) is 0 Å². The molecule has 1 heterocycles. The van der Waals surface area contributed by atoms with E-state index in [1.165, 1.54) is 0 Å². The lowest BCUT2D eigenvalue weighted by molar-refractivity contribution is 0.177. The summed E-state index contributed by atoms with van der Waals surface area (Å²) in [4.78, 5) is 0. The quantitative estimate of drug-likeness (QED) is 0.946. The Hall–Kier alpha value is -1.13. The summed E-state index contributed by atoms with van der Waals surface area (Å²) in [6.45, 7) is 3.92. The molecule has 0 radical (unpaired) electrons. The van der Waals surface area contributed by atoms with Gasteiger partial charge >= 0.3 is 0 Å². The molecule has 1 aromatic heterocycles. The molecule has 1 atom stereocenters. The average Bonchev–Trinajstić information content (AvgIpc) is 2.53. The second-order valence-electron chi connectivity index (χ2n) is 4.56. The number of hydrogen-bond acceptors (Lipinski definition) is 2. The lowest BCUT2D eigenvalue weighted by atomic mass is 10.00. The number of aliphatic hydroxyl groups is 1. The number of aliphatic hydroxyl groups excluding tert-OH is 1. The number of rotatable bonds is 3. The molecule has 0 fully saturated rings. The van der Waals surface area contributed by atoms with Gasteiger partial charge in [0.05, 0.1) is 11.8 Å². The molecule has 1 N–H and O–H groups in total. The van der Waals surface area contributed by atoms with Crippen molar-refractivity contribution in [3.63, 3.8) is 0 Å². The Kier molecular flexibility index (Phi) is 3.88. The zero-order valence-corrected chi connectivity index (χ0v) is 12.4. The third kappa shape index (κ3) is 2.65. The van der Waals surface area contributed by atoms with Crippen LogP contribution in [0, 0.1) is 13.8 Å². The van der Waals surface area contributed by atoms with Crippen molar-refractivity contribution in [2.45, 2.75) is 26.4 Å². The van der Waals surface area contributed by atoms with Gasteiger partial charge in [0, 0.05) is 29.2 Å². The second-order valence-corrected chi connectivity index (χ2v) is 5.47. The first-order chi connectivity index (χ1) is 8.49. The van der Waals surface area contributed by atoms with Crippen molar-refractivity contribution < 1.29 is 5.11 Å². The summed E-state index contributed by atoms with van der Waals surface area (Å²) in [7, 11) is 1.90. The van der Waals surface area contributed by atoms with Gasteiger partial charge in [-0.15, -0.1) is 0 Å². The molecule has 0 amide bonds. The minimum absolute atomic E-state index is 0.506. The first kappa shape index (κ1) is 13.3. The van der Waals surface area contributed by atoms with Gasteiger partial charge < -0.3 is 5.11 Å². The summed E-state index contributed by atoms with van der Waals surface area (Å²) in [5.41, 5.74) is 3.98. The predicted molar refractivity (Wildman–Crippen MR) is 75.5 cm³/mol. The van der Waals surface area contributed by atoms with Gasteiger partial charge in [0.15, 0.2) is 0 Å². The predicted octanol–water partition coefficient (Wildman–Crippen LogP) is 3.08. The number of benzene rings is 1. The molecule has 96 valence electrons. The molecule has 0 bridgehead atoms. The Morgan fingerprint density at radius 3 is 2.67 bits per heavy atom. The molecular weight excluding hydrogens is 292 g/mol. The number of hydrogen-bond donors (Lipinski definition) is 1. The summed E-state index contributed by atoms with van der Waals surface area (Å²) >= 11 is 3.44. The monoisotopic (exact) mass is 308 g/mol. The van der Waals surface area contributed by atoms with Crippen LogP contribution in [-0.2, 0) is 13.5 Å². The fourth-order valence-electron chi connectivity index (χ4n) is 2.26. The van der Waals surface area contributed by atoms with Crippen molar-refractivity contribution in [2.75, 3.05) is 0 Å². The Bertz CT molecular complexity index is 563. The molecule has 3 nitrogen and oxygen atoms in total. The van der Waals surface area contributed by atoms with Crippen LogP contribution in [0.5, 0.6) is 0 Å². The number of aromatic nitrogens is 2. The minimum atomic E-state index is -0.506. The Morgan fingerprint density at radius 1 is 1.39 bits per heavy atom. The van der Waals surface area contributed by atoms with Crippen LogP contribution in [0.1, 0.15) is 28.6 Å². The lowest BCUT2D eigenvalue weighted by Crippen LogP contribution is -2.05. The van der Waals surface area contributed by atoms with Crippen LogP contribution in [0.4, 0.5) is 0 Å². The highest BCUT2D eigenvalue weighted by Gasteiger charge is 2.18. The topological polar surface area (TPSA) is 38.0 Å². The van der Waals surface area contributed by atoms with E-state index in [1.807, 2.05) is 49.8 Å². The molecule has 4 heteroatoms. The SMILES string of the molecule is Cc1nn(C)c(C)c1C(O)Cc1cccc(Br)c1. The molecule has 1 unspecified atom stereocenters. The summed E-state index contributed by atoms with van der Waals surface area (Å²) in [5.74, 6) is 0. The molecular formula is C14H17BrN2O. The molecule has 0 saturated carbocycles. The molecule has 0 saturated heterocycles. The van der Waals surface area contributed by atoms with Crippen LogP contribution >= 0.6 is 15.9 Å². The largest absolute Gasteiger partial charge is 0.388 e. The highest BCUT2D eigenvalue weighted by atomic mass is 79.9. The van der Waals surface area contributed by atoms with Crippen molar-refractivity contribution in [1.29, 1.82) is 0 Å². The summed E-state index contributed by atoms with van der Waals surface area (Å²) in [6, 6.07) is 8.02. The Labute approximate surface area is 116 Å². The zero-order valence-electron chi connectivity index (χ0n) is 10.8.